The fraction of sp³-hybridized carbons (Fsp3) is 0.273. The molecule has 1 aromatic carbocycles. The van der Waals surface area contributed by atoms with Crippen LogP contribution in [0.5, 0.6) is 0 Å². The van der Waals surface area contributed by atoms with Crippen LogP contribution in [0.15, 0.2) is 34.7 Å². The van der Waals surface area contributed by atoms with Gasteiger partial charge in [-0.3, -0.25) is 9.80 Å². The Hall–Kier alpha value is -2.64. The molecule has 1 aromatic rings. The average molecular weight is 265 g/mol. The zero-order chi connectivity index (χ0) is 14.3. The van der Waals surface area contributed by atoms with Crippen molar-refractivity contribution in [2.45, 2.75) is 6.54 Å². The topological polar surface area (TPSA) is 120 Å². The van der Waals surface area contributed by atoms with Crippen molar-refractivity contribution >= 4 is 11.7 Å². The smallest absolute Gasteiger partial charge is 0.241 e. The molecule has 0 heterocycles. The lowest BCUT2D eigenvalue weighted by Crippen LogP contribution is -2.32. The molecule has 4 N–H and O–H groups in total. The molecule has 1 rings (SSSR count). The van der Waals surface area contributed by atoms with Gasteiger partial charge in [0, 0.05) is 19.2 Å². The third-order valence-corrected chi connectivity index (χ3v) is 2.36. The third-order valence-electron chi connectivity index (χ3n) is 2.36. The second kappa shape index (κ2) is 6.94. The van der Waals surface area contributed by atoms with Gasteiger partial charge in [-0.1, -0.05) is 29.4 Å². The molecule has 19 heavy (non-hydrogen) atoms. The predicted octanol–water partition coefficient (Wildman–Crippen LogP) is 0.0105. The zero-order valence-electron chi connectivity index (χ0n) is 10.4. The fourth-order valence-corrected chi connectivity index (χ4v) is 1.34. The first-order valence-electron chi connectivity index (χ1n) is 5.44. The van der Waals surface area contributed by atoms with E-state index in [0.717, 1.165) is 10.6 Å². The first-order chi connectivity index (χ1) is 9.06. The molecule has 0 aliphatic heterocycles. The van der Waals surface area contributed by atoms with E-state index in [1.807, 2.05) is 0 Å². The van der Waals surface area contributed by atoms with E-state index >= 15 is 0 Å². The minimum absolute atomic E-state index is 0.0225. The number of oxime groups is 1. The van der Waals surface area contributed by atoms with Gasteiger partial charge in [0.2, 0.25) is 5.91 Å². The summed E-state index contributed by atoms with van der Waals surface area (Å²) < 4.78 is 0. The predicted molar refractivity (Wildman–Crippen MR) is 69.2 cm³/mol. The number of likely N-dealkylation sites (N-methyl/N-ethyl adjacent to an activating group) is 1. The first-order valence-corrected chi connectivity index (χ1v) is 5.44. The molecule has 0 radical (unpaired) electrons. The molecule has 0 aromatic heterocycles. The lowest BCUT2D eigenvalue weighted by Gasteiger charge is -2.09. The Balaban J connectivity index is 2.50. The molecule has 0 atom stereocenters. The van der Waals surface area contributed by atoms with Crippen molar-refractivity contribution < 1.29 is 10.0 Å². The van der Waals surface area contributed by atoms with Gasteiger partial charge in [0.25, 0.3) is 0 Å². The Kier molecular flexibility index (Phi) is 5.27. The van der Waals surface area contributed by atoms with Crippen molar-refractivity contribution in [3.05, 3.63) is 40.3 Å². The molecule has 0 bridgehead atoms. The Morgan fingerprint density at radius 2 is 2.05 bits per heavy atom. The monoisotopic (exact) mass is 265 g/mol. The lowest BCUT2D eigenvalue weighted by atomic mass is 10.1. The number of amidine groups is 1. The van der Waals surface area contributed by atoms with Crippen molar-refractivity contribution in [2.24, 2.45) is 16.2 Å². The summed E-state index contributed by atoms with van der Waals surface area (Å²) in [7, 11) is 1.42. The van der Waals surface area contributed by atoms with E-state index in [-0.39, 0.29) is 18.3 Å². The highest BCUT2D eigenvalue weighted by Crippen LogP contribution is 2.04. The maximum atomic E-state index is 11.4. The quantitative estimate of drug-likeness (QED) is 0.220. The van der Waals surface area contributed by atoms with Gasteiger partial charge < -0.3 is 16.3 Å². The Morgan fingerprint density at radius 1 is 1.42 bits per heavy atom. The van der Waals surface area contributed by atoms with E-state index in [1.54, 1.807) is 24.3 Å². The van der Waals surface area contributed by atoms with Gasteiger partial charge in [0.05, 0.1) is 5.29 Å². The molecule has 0 spiro atoms. The van der Waals surface area contributed by atoms with Crippen molar-refractivity contribution in [3.8, 4) is 0 Å². The van der Waals surface area contributed by atoms with Crippen LogP contribution in [0.3, 0.4) is 0 Å². The number of carbonyl (C=O) groups is 1. The van der Waals surface area contributed by atoms with Gasteiger partial charge >= 0.3 is 0 Å². The summed E-state index contributed by atoms with van der Waals surface area (Å²) in [5.74, 6) is -0.281. The van der Waals surface area contributed by atoms with Crippen molar-refractivity contribution in [1.82, 2.24) is 10.3 Å². The molecular formula is C11H15N5O3. The normalized spacial score (nSPS) is 10.9. The van der Waals surface area contributed by atoms with Gasteiger partial charge in [-0.15, -0.1) is 4.91 Å². The van der Waals surface area contributed by atoms with Crippen LogP contribution in [0, 0.1) is 4.91 Å². The zero-order valence-corrected chi connectivity index (χ0v) is 10.4. The third kappa shape index (κ3) is 4.62. The lowest BCUT2D eigenvalue weighted by molar-refractivity contribution is -0.122. The van der Waals surface area contributed by atoms with Crippen LogP contribution in [0.25, 0.3) is 0 Å². The largest absolute Gasteiger partial charge is 0.409 e. The molecule has 0 saturated carbocycles. The highest BCUT2D eigenvalue weighted by Gasteiger charge is 2.05. The molecule has 1 amide bonds. The summed E-state index contributed by atoms with van der Waals surface area (Å²) in [5, 5.41) is 17.6. The second-order valence-electron chi connectivity index (χ2n) is 3.86. The van der Waals surface area contributed by atoms with Crippen LogP contribution < -0.4 is 11.1 Å². The van der Waals surface area contributed by atoms with Crippen molar-refractivity contribution in [1.29, 1.82) is 0 Å². The SMILES string of the molecule is CN(CC(=O)NCc1ccc(/C(N)=N/O)cc1)N=O. The highest BCUT2D eigenvalue weighted by molar-refractivity contribution is 5.96. The number of carbonyl (C=O) groups excluding carboxylic acids is 1. The summed E-state index contributed by atoms with van der Waals surface area (Å²) in [6.07, 6.45) is 0. The molecule has 0 unspecified atom stereocenters. The number of hydrogen-bond acceptors (Lipinski definition) is 5. The minimum atomic E-state index is -0.303. The Bertz CT molecular complexity index is 472. The second-order valence-corrected chi connectivity index (χ2v) is 3.86. The number of nitrogens with zero attached hydrogens (tertiary/aromatic N) is 3. The van der Waals surface area contributed by atoms with E-state index in [1.165, 1.54) is 7.05 Å². The number of amides is 1. The van der Waals surface area contributed by atoms with Crippen LogP contribution in [-0.4, -0.2) is 35.6 Å². The Morgan fingerprint density at radius 3 is 2.58 bits per heavy atom. The van der Waals surface area contributed by atoms with Gasteiger partial charge in [-0.05, 0) is 5.56 Å². The maximum Gasteiger partial charge on any atom is 0.241 e. The number of nitrogens with one attached hydrogen (secondary N) is 1. The average Bonchev–Trinajstić information content (AvgIpc) is 2.44. The first kappa shape index (κ1) is 14.4. The number of nitrogens with two attached hydrogens (primary N) is 1. The highest BCUT2D eigenvalue weighted by atomic mass is 16.4. The molecule has 0 fully saturated rings. The number of hydrogen-bond donors (Lipinski definition) is 3. The van der Waals surface area contributed by atoms with Gasteiger partial charge in [-0.25, -0.2) is 0 Å². The van der Waals surface area contributed by atoms with E-state index in [4.69, 9.17) is 10.9 Å². The van der Waals surface area contributed by atoms with Gasteiger partial charge in [0.1, 0.15) is 6.54 Å². The summed E-state index contributed by atoms with van der Waals surface area (Å²) in [4.78, 5) is 21.5. The number of benzene rings is 1. The fourth-order valence-electron chi connectivity index (χ4n) is 1.34. The molecule has 8 heteroatoms. The molecule has 0 aliphatic rings. The molecule has 0 saturated heterocycles. The molecule has 8 nitrogen and oxygen atoms in total. The molecule has 102 valence electrons. The van der Waals surface area contributed by atoms with Gasteiger partial charge in [-0.2, -0.15) is 0 Å². The summed E-state index contributed by atoms with van der Waals surface area (Å²) in [6.45, 7) is 0.230. The van der Waals surface area contributed by atoms with E-state index in [9.17, 15) is 9.70 Å². The van der Waals surface area contributed by atoms with Crippen LogP contribution in [0.1, 0.15) is 11.1 Å². The van der Waals surface area contributed by atoms with E-state index in [0.29, 0.717) is 12.1 Å². The van der Waals surface area contributed by atoms with Crippen LogP contribution in [-0.2, 0) is 11.3 Å². The molecular weight excluding hydrogens is 250 g/mol. The number of nitroso groups, excluding NO2 is 1. The maximum absolute atomic E-state index is 11.4. The van der Waals surface area contributed by atoms with Gasteiger partial charge in [0.15, 0.2) is 5.84 Å². The van der Waals surface area contributed by atoms with Crippen molar-refractivity contribution in [2.75, 3.05) is 13.6 Å². The summed E-state index contributed by atoms with van der Waals surface area (Å²) in [6, 6.07) is 6.84. The summed E-state index contributed by atoms with van der Waals surface area (Å²) in [5.41, 5.74) is 6.86. The standard InChI is InChI=1S/C11H15N5O3/c1-16(15-19)7-10(17)13-6-8-2-4-9(5-3-8)11(12)14-18/h2-5,18H,6-7H2,1H3,(H2,12,14)(H,13,17). The van der Waals surface area contributed by atoms with E-state index < -0.39 is 0 Å². The Labute approximate surface area is 109 Å². The molecule has 0 aliphatic carbocycles. The van der Waals surface area contributed by atoms with Crippen LogP contribution in [0.2, 0.25) is 0 Å². The van der Waals surface area contributed by atoms with Crippen LogP contribution >= 0.6 is 0 Å². The number of rotatable bonds is 6. The van der Waals surface area contributed by atoms with Crippen molar-refractivity contribution in [3.63, 3.8) is 0 Å². The summed E-state index contributed by atoms with van der Waals surface area (Å²) >= 11 is 0. The minimum Gasteiger partial charge on any atom is -0.409 e. The van der Waals surface area contributed by atoms with Crippen LogP contribution in [0.4, 0.5) is 0 Å². The van der Waals surface area contributed by atoms with E-state index in [2.05, 4.69) is 15.8 Å².